The van der Waals surface area contributed by atoms with Gasteiger partial charge < -0.3 is 0 Å². The average Bonchev–Trinajstić information content (AvgIpc) is 2.31. The molecule has 0 aromatic heterocycles. The highest BCUT2D eigenvalue weighted by Gasteiger charge is 2.07. The molecule has 1 atom stereocenters. The highest BCUT2D eigenvalue weighted by molar-refractivity contribution is 5.33. The van der Waals surface area contributed by atoms with Crippen molar-refractivity contribution in [1.82, 2.24) is 0 Å². The molecule has 1 rings (SSSR count). The second kappa shape index (κ2) is 6.03. The lowest BCUT2D eigenvalue weighted by molar-refractivity contribution is 0.613. The molecule has 0 radical (unpaired) electrons. The Morgan fingerprint density at radius 2 is 2.07 bits per heavy atom. The molecule has 0 saturated carbocycles. The third-order valence-electron chi connectivity index (χ3n) is 2.72. The largest absolute Gasteiger partial charge is 0.192 e. The number of rotatable bonds is 5. The fourth-order valence-corrected chi connectivity index (χ4v) is 1.76. The van der Waals surface area contributed by atoms with Crippen LogP contribution in [0.4, 0.5) is 0 Å². The lowest BCUT2D eigenvalue weighted by Gasteiger charge is -2.13. The van der Waals surface area contributed by atoms with Crippen molar-refractivity contribution in [1.29, 1.82) is 5.26 Å². The van der Waals surface area contributed by atoms with Crippen LogP contribution in [0, 0.1) is 11.3 Å². The van der Waals surface area contributed by atoms with E-state index < -0.39 is 0 Å². The summed E-state index contributed by atoms with van der Waals surface area (Å²) in [5, 5.41) is 8.70. The Bertz CT molecular complexity index is 343. The van der Waals surface area contributed by atoms with E-state index in [9.17, 15) is 0 Å². The summed E-state index contributed by atoms with van der Waals surface area (Å²) in [5.74, 6) is 0.593. The Hall–Kier alpha value is -1.55. The molecule has 1 unspecified atom stereocenters. The fraction of sp³-hybridized carbons (Fsp3) is 0.357. The van der Waals surface area contributed by atoms with Crippen LogP contribution in [-0.2, 0) is 0 Å². The van der Waals surface area contributed by atoms with E-state index in [0.29, 0.717) is 5.92 Å². The van der Waals surface area contributed by atoms with Crippen LogP contribution in [-0.4, -0.2) is 0 Å². The van der Waals surface area contributed by atoms with Crippen LogP contribution in [0.5, 0.6) is 0 Å². The molecule has 1 aromatic rings. The van der Waals surface area contributed by atoms with E-state index in [-0.39, 0.29) is 0 Å². The zero-order valence-corrected chi connectivity index (χ0v) is 9.24. The van der Waals surface area contributed by atoms with Crippen molar-refractivity contribution in [3.63, 3.8) is 0 Å². The topological polar surface area (TPSA) is 23.8 Å². The van der Waals surface area contributed by atoms with Crippen LogP contribution in [0.15, 0.2) is 36.9 Å². The van der Waals surface area contributed by atoms with Crippen molar-refractivity contribution >= 4 is 0 Å². The standard InChI is InChI=1S/C14H17N/c1-3-5-6-13(4-2)14-9-7-12(11-15)8-10-14/h3,7-10,13H,1,4-6H2,2H3. The van der Waals surface area contributed by atoms with Crippen molar-refractivity contribution in [3.8, 4) is 6.07 Å². The van der Waals surface area contributed by atoms with Crippen LogP contribution in [0.3, 0.4) is 0 Å². The van der Waals surface area contributed by atoms with Gasteiger partial charge >= 0.3 is 0 Å². The Morgan fingerprint density at radius 3 is 2.53 bits per heavy atom. The summed E-state index contributed by atoms with van der Waals surface area (Å²) in [4.78, 5) is 0. The molecular formula is C14H17N. The van der Waals surface area contributed by atoms with Crippen molar-refractivity contribution in [2.24, 2.45) is 0 Å². The summed E-state index contributed by atoms with van der Waals surface area (Å²) in [6.07, 6.45) is 5.30. The van der Waals surface area contributed by atoms with Crippen molar-refractivity contribution in [2.75, 3.05) is 0 Å². The van der Waals surface area contributed by atoms with E-state index in [1.807, 2.05) is 18.2 Å². The minimum absolute atomic E-state index is 0.593. The number of nitrogens with zero attached hydrogens (tertiary/aromatic N) is 1. The SMILES string of the molecule is C=CCCC(CC)c1ccc(C#N)cc1. The predicted octanol–water partition coefficient (Wildman–Crippen LogP) is 4.02. The first kappa shape index (κ1) is 11.5. The number of allylic oxidation sites excluding steroid dienone is 1. The molecule has 0 aliphatic rings. The summed E-state index contributed by atoms with van der Waals surface area (Å²) in [6, 6.07) is 10.1. The molecule has 0 aliphatic carbocycles. The Balaban J connectivity index is 2.74. The van der Waals surface area contributed by atoms with Crippen LogP contribution >= 0.6 is 0 Å². The zero-order valence-electron chi connectivity index (χ0n) is 9.24. The summed E-state index contributed by atoms with van der Waals surface area (Å²) < 4.78 is 0. The minimum Gasteiger partial charge on any atom is -0.192 e. The Morgan fingerprint density at radius 1 is 1.40 bits per heavy atom. The highest BCUT2D eigenvalue weighted by atomic mass is 14.2. The molecule has 0 bridgehead atoms. The number of benzene rings is 1. The molecular weight excluding hydrogens is 182 g/mol. The smallest absolute Gasteiger partial charge is 0.0991 e. The zero-order chi connectivity index (χ0) is 11.1. The summed E-state index contributed by atoms with van der Waals surface area (Å²) in [7, 11) is 0. The maximum atomic E-state index is 8.70. The molecule has 0 fully saturated rings. The van der Waals surface area contributed by atoms with Gasteiger partial charge in [-0.15, -0.1) is 6.58 Å². The van der Waals surface area contributed by atoms with Gasteiger partial charge in [0.05, 0.1) is 11.6 Å². The van der Waals surface area contributed by atoms with E-state index in [1.165, 1.54) is 5.56 Å². The van der Waals surface area contributed by atoms with Gasteiger partial charge in [0, 0.05) is 0 Å². The molecule has 1 heteroatoms. The molecule has 0 N–H and O–H groups in total. The first-order chi connectivity index (χ1) is 7.31. The second-order valence-electron chi connectivity index (χ2n) is 3.71. The Labute approximate surface area is 92.1 Å². The lowest BCUT2D eigenvalue weighted by atomic mass is 9.91. The molecule has 0 saturated heterocycles. The van der Waals surface area contributed by atoms with Gasteiger partial charge in [0.1, 0.15) is 0 Å². The van der Waals surface area contributed by atoms with Gasteiger partial charge in [0.15, 0.2) is 0 Å². The van der Waals surface area contributed by atoms with Gasteiger partial charge in [-0.05, 0) is 42.9 Å². The molecule has 15 heavy (non-hydrogen) atoms. The number of hydrogen-bond donors (Lipinski definition) is 0. The first-order valence-electron chi connectivity index (χ1n) is 5.42. The maximum absolute atomic E-state index is 8.70. The number of hydrogen-bond acceptors (Lipinski definition) is 1. The van der Waals surface area contributed by atoms with Crippen LogP contribution in [0.1, 0.15) is 43.2 Å². The van der Waals surface area contributed by atoms with E-state index in [2.05, 4.69) is 31.7 Å². The summed E-state index contributed by atoms with van der Waals surface area (Å²) in [6.45, 7) is 5.95. The van der Waals surface area contributed by atoms with Crippen LogP contribution < -0.4 is 0 Å². The molecule has 1 aromatic carbocycles. The average molecular weight is 199 g/mol. The molecule has 0 aliphatic heterocycles. The number of nitriles is 1. The van der Waals surface area contributed by atoms with Gasteiger partial charge in [-0.1, -0.05) is 25.1 Å². The highest BCUT2D eigenvalue weighted by Crippen LogP contribution is 2.24. The van der Waals surface area contributed by atoms with Gasteiger partial charge in [0.25, 0.3) is 0 Å². The quantitative estimate of drug-likeness (QED) is 0.657. The van der Waals surface area contributed by atoms with E-state index >= 15 is 0 Å². The lowest BCUT2D eigenvalue weighted by Crippen LogP contribution is -1.96. The molecule has 0 heterocycles. The second-order valence-corrected chi connectivity index (χ2v) is 3.71. The Kier molecular flexibility index (Phi) is 4.63. The third-order valence-corrected chi connectivity index (χ3v) is 2.72. The summed E-state index contributed by atoms with van der Waals surface area (Å²) in [5.41, 5.74) is 2.07. The monoisotopic (exact) mass is 199 g/mol. The van der Waals surface area contributed by atoms with E-state index in [4.69, 9.17) is 5.26 Å². The molecule has 0 amide bonds. The minimum atomic E-state index is 0.593. The molecule has 78 valence electrons. The normalized spacial score (nSPS) is 11.7. The van der Waals surface area contributed by atoms with Crippen molar-refractivity contribution < 1.29 is 0 Å². The maximum Gasteiger partial charge on any atom is 0.0991 e. The first-order valence-corrected chi connectivity index (χ1v) is 5.42. The fourth-order valence-electron chi connectivity index (χ4n) is 1.76. The van der Waals surface area contributed by atoms with E-state index in [1.54, 1.807) is 0 Å². The van der Waals surface area contributed by atoms with Crippen LogP contribution in [0.2, 0.25) is 0 Å². The van der Waals surface area contributed by atoms with Gasteiger partial charge in [0.2, 0.25) is 0 Å². The van der Waals surface area contributed by atoms with Gasteiger partial charge in [-0.25, -0.2) is 0 Å². The van der Waals surface area contributed by atoms with E-state index in [0.717, 1.165) is 24.8 Å². The molecule has 0 spiro atoms. The van der Waals surface area contributed by atoms with Gasteiger partial charge in [-0.3, -0.25) is 0 Å². The third kappa shape index (κ3) is 3.25. The van der Waals surface area contributed by atoms with Crippen LogP contribution in [0.25, 0.3) is 0 Å². The van der Waals surface area contributed by atoms with Crippen molar-refractivity contribution in [2.45, 2.75) is 32.1 Å². The summed E-state index contributed by atoms with van der Waals surface area (Å²) >= 11 is 0. The molecule has 1 nitrogen and oxygen atoms in total. The van der Waals surface area contributed by atoms with Gasteiger partial charge in [-0.2, -0.15) is 5.26 Å². The van der Waals surface area contributed by atoms with Crippen molar-refractivity contribution in [3.05, 3.63) is 48.0 Å². The predicted molar refractivity (Wildman–Crippen MR) is 63.6 cm³/mol.